The SMILES string of the molecule is CCCCCCCCCCCCCCCCO[SH](C)(=O)OCC=O.[NaH]. The fraction of sp³-hybridized carbons (Fsp3) is 0.947. The molecule has 0 rings (SSSR count). The van der Waals surface area contributed by atoms with E-state index in [1.807, 2.05) is 0 Å². The molecule has 0 aromatic rings. The van der Waals surface area contributed by atoms with Gasteiger partial charge in [0.1, 0.15) is 12.9 Å². The predicted molar refractivity (Wildman–Crippen MR) is 111 cm³/mol. The first-order valence-corrected chi connectivity index (χ1v) is 11.9. The maximum absolute atomic E-state index is 11.7. The molecule has 0 unspecified atom stereocenters. The fourth-order valence-electron chi connectivity index (χ4n) is 2.73. The molecule has 6 heteroatoms. The van der Waals surface area contributed by atoms with Crippen molar-refractivity contribution < 1.29 is 17.4 Å². The van der Waals surface area contributed by atoms with Crippen LogP contribution in [0.15, 0.2) is 0 Å². The average Bonchev–Trinajstić information content (AvgIpc) is 2.56. The van der Waals surface area contributed by atoms with Crippen LogP contribution in [-0.4, -0.2) is 59.5 Å². The molecule has 0 heterocycles. The van der Waals surface area contributed by atoms with Crippen LogP contribution in [-0.2, 0) is 23.7 Å². The molecule has 0 radical (unpaired) electrons. The molecule has 0 bridgehead atoms. The molecule has 148 valence electrons. The third-order valence-electron chi connectivity index (χ3n) is 4.20. The molecule has 0 aliphatic carbocycles. The Morgan fingerprint density at radius 2 is 1.12 bits per heavy atom. The number of rotatable bonds is 19. The van der Waals surface area contributed by atoms with E-state index < -0.39 is 10.5 Å². The van der Waals surface area contributed by atoms with Crippen molar-refractivity contribution in [3.8, 4) is 0 Å². The summed E-state index contributed by atoms with van der Waals surface area (Å²) in [4.78, 5) is 10.2. The number of hydrogen-bond donors (Lipinski definition) is 1. The molecule has 0 spiro atoms. The molecule has 0 aliphatic heterocycles. The van der Waals surface area contributed by atoms with Gasteiger partial charge in [-0.3, -0.25) is 8.37 Å². The van der Waals surface area contributed by atoms with Gasteiger partial charge >= 0.3 is 29.6 Å². The standard InChI is InChI=1S/C19H40O4S.Na.H/c1-3-4-5-6-7-8-9-10-11-12-13-14-15-16-18-22-24(2,21)23-19-17-20;;/h17,24H,3-16,18-19H2,1-2H3;;. The van der Waals surface area contributed by atoms with Gasteiger partial charge in [0.2, 0.25) is 0 Å². The van der Waals surface area contributed by atoms with Gasteiger partial charge in [-0.25, -0.2) is 4.21 Å². The van der Waals surface area contributed by atoms with Crippen molar-refractivity contribution in [2.75, 3.05) is 19.5 Å². The first-order valence-electron chi connectivity index (χ1n) is 9.92. The Morgan fingerprint density at radius 1 is 0.720 bits per heavy atom. The summed E-state index contributed by atoms with van der Waals surface area (Å²) in [5.74, 6) is 0. The summed E-state index contributed by atoms with van der Waals surface area (Å²) in [6.45, 7) is 2.55. The topological polar surface area (TPSA) is 52.6 Å². The van der Waals surface area contributed by atoms with Crippen LogP contribution in [0.3, 0.4) is 0 Å². The van der Waals surface area contributed by atoms with E-state index in [-0.39, 0.29) is 36.2 Å². The van der Waals surface area contributed by atoms with Crippen LogP contribution >= 0.6 is 0 Å². The zero-order chi connectivity index (χ0) is 17.9. The second-order valence-electron chi connectivity index (χ2n) is 6.66. The van der Waals surface area contributed by atoms with E-state index in [1.165, 1.54) is 83.3 Å². The molecule has 0 aliphatic rings. The van der Waals surface area contributed by atoms with E-state index in [2.05, 4.69) is 6.92 Å². The second-order valence-corrected chi connectivity index (χ2v) is 8.72. The first-order chi connectivity index (χ1) is 11.6. The summed E-state index contributed by atoms with van der Waals surface area (Å²) in [5, 5.41) is 0. The van der Waals surface area contributed by atoms with E-state index in [1.54, 1.807) is 0 Å². The Bertz CT molecular complexity index is 327. The van der Waals surface area contributed by atoms with Crippen molar-refractivity contribution >= 4 is 46.3 Å². The zero-order valence-corrected chi connectivity index (χ0v) is 16.9. The van der Waals surface area contributed by atoms with Crippen molar-refractivity contribution in [1.29, 1.82) is 0 Å². The Hall–Kier alpha value is 0.740. The number of thiol groups is 1. The van der Waals surface area contributed by atoms with Gasteiger partial charge in [-0.15, -0.1) is 0 Å². The minimum atomic E-state index is -3.03. The van der Waals surface area contributed by atoms with Crippen LogP contribution in [0, 0.1) is 0 Å². The number of carbonyl (C=O) groups is 1. The molecule has 0 atom stereocenters. The monoisotopic (exact) mass is 388 g/mol. The minimum absolute atomic E-state index is 0. The summed E-state index contributed by atoms with van der Waals surface area (Å²) in [7, 11) is -3.03. The molecule has 0 aromatic carbocycles. The van der Waals surface area contributed by atoms with Crippen LogP contribution in [0.5, 0.6) is 0 Å². The Labute approximate surface area is 179 Å². The molecular weight excluding hydrogens is 347 g/mol. The fourth-order valence-corrected chi connectivity index (χ4v) is 3.60. The Balaban J connectivity index is 0. The van der Waals surface area contributed by atoms with Gasteiger partial charge in [-0.2, -0.15) is 0 Å². The quantitative estimate of drug-likeness (QED) is 0.153. The first kappa shape index (κ1) is 28.0. The summed E-state index contributed by atoms with van der Waals surface area (Å²) >= 11 is 0. The van der Waals surface area contributed by atoms with Crippen molar-refractivity contribution in [3.05, 3.63) is 0 Å². The van der Waals surface area contributed by atoms with Gasteiger partial charge in [0.05, 0.1) is 17.1 Å². The molecule has 0 N–H and O–H groups in total. The van der Waals surface area contributed by atoms with Gasteiger partial charge in [-0.1, -0.05) is 90.4 Å². The summed E-state index contributed by atoms with van der Waals surface area (Å²) in [5.41, 5.74) is 0. The normalized spacial score (nSPS) is 11.9. The third kappa shape index (κ3) is 22.7. The Kier molecular flexibility index (Phi) is 23.5. The summed E-state index contributed by atoms with van der Waals surface area (Å²) in [6, 6.07) is 0. The van der Waals surface area contributed by atoms with Crippen molar-refractivity contribution in [1.82, 2.24) is 0 Å². The summed E-state index contributed by atoms with van der Waals surface area (Å²) in [6.07, 6.45) is 20.3. The average molecular weight is 389 g/mol. The molecule has 0 fully saturated rings. The molecule has 0 saturated heterocycles. The summed E-state index contributed by atoms with van der Waals surface area (Å²) < 4.78 is 21.8. The number of unbranched alkanes of at least 4 members (excludes halogenated alkanes) is 13. The van der Waals surface area contributed by atoms with Crippen LogP contribution in [0.25, 0.3) is 0 Å². The second kappa shape index (κ2) is 21.0. The maximum atomic E-state index is 11.7. The molecular formula is C19H41NaO4S. The number of carbonyl (C=O) groups excluding carboxylic acids is 1. The van der Waals surface area contributed by atoms with E-state index in [0.29, 0.717) is 12.9 Å². The van der Waals surface area contributed by atoms with E-state index >= 15 is 0 Å². The van der Waals surface area contributed by atoms with Gasteiger partial charge < -0.3 is 4.79 Å². The predicted octanol–water partition coefficient (Wildman–Crippen LogP) is 4.53. The molecule has 4 nitrogen and oxygen atoms in total. The molecule has 0 amide bonds. The number of hydrogen-bond acceptors (Lipinski definition) is 4. The van der Waals surface area contributed by atoms with Crippen LogP contribution in [0.1, 0.15) is 96.8 Å². The van der Waals surface area contributed by atoms with Gasteiger partial charge in [0.25, 0.3) is 0 Å². The van der Waals surface area contributed by atoms with Crippen molar-refractivity contribution in [2.45, 2.75) is 96.8 Å². The Morgan fingerprint density at radius 3 is 1.52 bits per heavy atom. The van der Waals surface area contributed by atoms with Gasteiger partial charge in [0, 0.05) is 6.26 Å². The van der Waals surface area contributed by atoms with E-state index in [0.717, 1.165) is 12.8 Å². The van der Waals surface area contributed by atoms with Gasteiger partial charge in [0.15, 0.2) is 0 Å². The van der Waals surface area contributed by atoms with Crippen LogP contribution in [0.2, 0.25) is 0 Å². The van der Waals surface area contributed by atoms with Crippen LogP contribution < -0.4 is 0 Å². The molecule has 0 aromatic heterocycles. The van der Waals surface area contributed by atoms with E-state index in [4.69, 9.17) is 8.37 Å². The van der Waals surface area contributed by atoms with Crippen molar-refractivity contribution in [2.24, 2.45) is 0 Å². The van der Waals surface area contributed by atoms with Crippen molar-refractivity contribution in [3.63, 3.8) is 0 Å². The molecule has 0 saturated carbocycles. The number of aldehydes is 1. The van der Waals surface area contributed by atoms with Gasteiger partial charge in [-0.05, 0) is 6.42 Å². The van der Waals surface area contributed by atoms with Crippen LogP contribution in [0.4, 0.5) is 0 Å². The van der Waals surface area contributed by atoms with E-state index in [9.17, 15) is 9.00 Å². The third-order valence-corrected chi connectivity index (χ3v) is 5.47. The zero-order valence-electron chi connectivity index (χ0n) is 16.0. The molecule has 25 heavy (non-hydrogen) atoms.